The Morgan fingerprint density at radius 3 is 2.68 bits per heavy atom. The Balaban J connectivity index is 2.61. The molecule has 1 fully saturated rings. The van der Waals surface area contributed by atoms with Crippen molar-refractivity contribution in [2.45, 2.75) is 26.7 Å². The molecule has 1 aliphatic heterocycles. The average Bonchev–Trinajstić information content (AvgIpc) is 2.82. The Labute approximate surface area is 113 Å². The van der Waals surface area contributed by atoms with Gasteiger partial charge in [0, 0.05) is 26.2 Å². The maximum atomic E-state index is 12.3. The topological polar surface area (TPSA) is 84.6 Å². The highest BCUT2D eigenvalue weighted by Crippen LogP contribution is 2.18. The van der Waals surface area contributed by atoms with Crippen LogP contribution >= 0.6 is 0 Å². The summed E-state index contributed by atoms with van der Waals surface area (Å²) in [4.78, 5) is 26.4. The molecule has 0 aromatic rings. The van der Waals surface area contributed by atoms with Crippen LogP contribution in [0, 0.1) is 23.2 Å². The Hall–Kier alpha value is -1.77. The fourth-order valence-corrected chi connectivity index (χ4v) is 2.23. The van der Waals surface area contributed by atoms with Gasteiger partial charge in [-0.15, -0.1) is 0 Å². The number of hydrogen-bond donors (Lipinski definition) is 1. The third-order valence-electron chi connectivity index (χ3n) is 3.16. The quantitative estimate of drug-likeness (QED) is 0.815. The van der Waals surface area contributed by atoms with Crippen LogP contribution in [0.3, 0.4) is 0 Å². The maximum absolute atomic E-state index is 12.3. The van der Waals surface area contributed by atoms with E-state index in [9.17, 15) is 9.59 Å². The molecule has 0 saturated carbocycles. The van der Waals surface area contributed by atoms with Gasteiger partial charge in [-0.2, -0.15) is 5.26 Å². The van der Waals surface area contributed by atoms with Crippen molar-refractivity contribution in [1.82, 2.24) is 9.80 Å². The lowest BCUT2D eigenvalue weighted by molar-refractivity contribution is -0.141. The van der Waals surface area contributed by atoms with E-state index < -0.39 is 11.9 Å². The van der Waals surface area contributed by atoms with Crippen molar-refractivity contribution < 1.29 is 14.7 Å². The second-order valence-corrected chi connectivity index (χ2v) is 5.30. The van der Waals surface area contributed by atoms with E-state index in [1.807, 2.05) is 19.9 Å². The number of carbonyl (C=O) groups excluding carboxylic acids is 1. The zero-order valence-corrected chi connectivity index (χ0v) is 11.5. The minimum Gasteiger partial charge on any atom is -0.481 e. The smallest absolute Gasteiger partial charge is 0.320 e. The Morgan fingerprint density at radius 2 is 2.21 bits per heavy atom. The Kier molecular flexibility index (Phi) is 5.61. The number of urea groups is 1. The van der Waals surface area contributed by atoms with Crippen LogP contribution in [0.2, 0.25) is 0 Å². The van der Waals surface area contributed by atoms with Gasteiger partial charge in [-0.05, 0) is 12.3 Å². The summed E-state index contributed by atoms with van der Waals surface area (Å²) in [6.45, 7) is 5.77. The van der Waals surface area contributed by atoms with Gasteiger partial charge >= 0.3 is 12.0 Å². The minimum absolute atomic E-state index is 0.146. The molecule has 1 N–H and O–H groups in total. The van der Waals surface area contributed by atoms with Gasteiger partial charge in [0.05, 0.1) is 18.4 Å². The molecule has 0 spiro atoms. The predicted octanol–water partition coefficient (Wildman–Crippen LogP) is 1.38. The van der Waals surface area contributed by atoms with Crippen LogP contribution in [-0.2, 0) is 4.79 Å². The van der Waals surface area contributed by atoms with Gasteiger partial charge in [-0.25, -0.2) is 4.79 Å². The minimum atomic E-state index is -0.845. The van der Waals surface area contributed by atoms with Crippen molar-refractivity contribution in [3.8, 4) is 6.07 Å². The SMILES string of the molecule is CC(C)CN(CCC#N)C(=O)N1CCC(C(=O)O)C1. The first-order valence-corrected chi connectivity index (χ1v) is 6.59. The lowest BCUT2D eigenvalue weighted by Gasteiger charge is -2.28. The fourth-order valence-electron chi connectivity index (χ4n) is 2.23. The summed E-state index contributed by atoms with van der Waals surface area (Å²) in [5.41, 5.74) is 0. The first-order chi connectivity index (χ1) is 8.95. The molecule has 106 valence electrons. The van der Waals surface area contributed by atoms with E-state index in [1.54, 1.807) is 9.80 Å². The molecule has 1 atom stereocenters. The molecule has 0 bridgehead atoms. The van der Waals surface area contributed by atoms with Crippen LogP contribution in [0.25, 0.3) is 0 Å². The van der Waals surface area contributed by atoms with Crippen LogP contribution in [0.5, 0.6) is 0 Å². The van der Waals surface area contributed by atoms with E-state index in [0.29, 0.717) is 38.4 Å². The van der Waals surface area contributed by atoms with Crippen molar-refractivity contribution in [3.05, 3.63) is 0 Å². The van der Waals surface area contributed by atoms with Gasteiger partial charge in [-0.1, -0.05) is 13.8 Å². The lowest BCUT2D eigenvalue weighted by Crippen LogP contribution is -2.44. The van der Waals surface area contributed by atoms with Crippen molar-refractivity contribution >= 4 is 12.0 Å². The molecule has 0 aliphatic carbocycles. The summed E-state index contributed by atoms with van der Waals surface area (Å²) in [6, 6.07) is 1.89. The third-order valence-corrected chi connectivity index (χ3v) is 3.16. The second kappa shape index (κ2) is 6.98. The van der Waals surface area contributed by atoms with Gasteiger partial charge in [0.15, 0.2) is 0 Å². The fraction of sp³-hybridized carbons (Fsp3) is 0.769. The average molecular weight is 267 g/mol. The number of likely N-dealkylation sites (tertiary alicyclic amines) is 1. The van der Waals surface area contributed by atoms with Gasteiger partial charge in [-0.3, -0.25) is 4.79 Å². The Morgan fingerprint density at radius 1 is 1.53 bits per heavy atom. The second-order valence-electron chi connectivity index (χ2n) is 5.30. The molecule has 6 nitrogen and oxygen atoms in total. The predicted molar refractivity (Wildman–Crippen MR) is 69.4 cm³/mol. The number of carbonyl (C=O) groups is 2. The van der Waals surface area contributed by atoms with E-state index in [0.717, 1.165) is 0 Å². The molecule has 0 aromatic carbocycles. The summed E-state index contributed by atoms with van der Waals surface area (Å²) in [5, 5.41) is 17.6. The summed E-state index contributed by atoms with van der Waals surface area (Å²) in [6.07, 6.45) is 0.809. The van der Waals surface area contributed by atoms with Crippen LogP contribution in [-0.4, -0.2) is 53.1 Å². The molecule has 1 saturated heterocycles. The number of aliphatic carboxylic acids is 1. The molecule has 1 unspecified atom stereocenters. The first kappa shape index (κ1) is 15.3. The largest absolute Gasteiger partial charge is 0.481 e. The molecule has 6 heteroatoms. The van der Waals surface area contributed by atoms with E-state index >= 15 is 0 Å². The third kappa shape index (κ3) is 4.43. The van der Waals surface area contributed by atoms with E-state index in [1.165, 1.54) is 0 Å². The van der Waals surface area contributed by atoms with Crippen LogP contribution in [0.15, 0.2) is 0 Å². The molecule has 2 amide bonds. The number of carboxylic acid groups (broad SMARTS) is 1. The summed E-state index contributed by atoms with van der Waals surface area (Å²) in [7, 11) is 0. The zero-order valence-electron chi connectivity index (χ0n) is 11.5. The van der Waals surface area contributed by atoms with Gasteiger partial charge < -0.3 is 14.9 Å². The van der Waals surface area contributed by atoms with Crippen molar-refractivity contribution in [1.29, 1.82) is 5.26 Å². The maximum Gasteiger partial charge on any atom is 0.320 e. The van der Waals surface area contributed by atoms with Crippen molar-refractivity contribution in [3.63, 3.8) is 0 Å². The van der Waals surface area contributed by atoms with Gasteiger partial charge in [0.25, 0.3) is 0 Å². The highest BCUT2D eigenvalue weighted by Gasteiger charge is 2.32. The van der Waals surface area contributed by atoms with E-state index in [2.05, 4.69) is 0 Å². The van der Waals surface area contributed by atoms with E-state index in [-0.39, 0.29) is 12.6 Å². The van der Waals surface area contributed by atoms with Crippen LogP contribution in [0.1, 0.15) is 26.7 Å². The van der Waals surface area contributed by atoms with E-state index in [4.69, 9.17) is 10.4 Å². The molecule has 0 aromatic heterocycles. The highest BCUT2D eigenvalue weighted by molar-refractivity contribution is 5.77. The monoisotopic (exact) mass is 267 g/mol. The summed E-state index contributed by atoms with van der Waals surface area (Å²) in [5.74, 6) is -0.982. The lowest BCUT2D eigenvalue weighted by atomic mass is 10.1. The molecule has 1 aliphatic rings. The zero-order chi connectivity index (χ0) is 14.4. The number of nitriles is 1. The highest BCUT2D eigenvalue weighted by atomic mass is 16.4. The molecule has 19 heavy (non-hydrogen) atoms. The molecular weight excluding hydrogens is 246 g/mol. The normalized spacial score (nSPS) is 18.4. The standard InChI is InChI=1S/C13H21N3O3/c1-10(2)8-15(6-3-5-14)13(19)16-7-4-11(9-16)12(17)18/h10-11H,3-4,6-9H2,1-2H3,(H,17,18). The Bertz CT molecular complexity index is 376. The number of amides is 2. The summed E-state index contributed by atoms with van der Waals surface area (Å²) < 4.78 is 0. The molecule has 1 heterocycles. The number of hydrogen-bond acceptors (Lipinski definition) is 3. The number of rotatable bonds is 5. The van der Waals surface area contributed by atoms with Crippen molar-refractivity contribution in [2.24, 2.45) is 11.8 Å². The van der Waals surface area contributed by atoms with Crippen molar-refractivity contribution in [2.75, 3.05) is 26.2 Å². The van der Waals surface area contributed by atoms with Crippen LogP contribution in [0.4, 0.5) is 4.79 Å². The van der Waals surface area contributed by atoms with Gasteiger partial charge in [0.1, 0.15) is 0 Å². The van der Waals surface area contributed by atoms with Crippen LogP contribution < -0.4 is 0 Å². The molecular formula is C13H21N3O3. The first-order valence-electron chi connectivity index (χ1n) is 6.59. The molecule has 1 rings (SSSR count). The number of carboxylic acids is 1. The molecule has 0 radical (unpaired) electrons. The summed E-state index contributed by atoms with van der Waals surface area (Å²) >= 11 is 0. The number of nitrogens with zero attached hydrogens (tertiary/aromatic N) is 3. The van der Waals surface area contributed by atoms with Gasteiger partial charge in [0.2, 0.25) is 0 Å².